The van der Waals surface area contributed by atoms with Crippen LogP contribution < -0.4 is 4.74 Å². The van der Waals surface area contributed by atoms with E-state index in [1.54, 1.807) is 26.1 Å². The van der Waals surface area contributed by atoms with E-state index in [1.165, 1.54) is 23.8 Å². The summed E-state index contributed by atoms with van der Waals surface area (Å²) in [6.07, 6.45) is 2.65. The molecule has 0 saturated carbocycles. The number of benzene rings is 1. The molecule has 0 aliphatic carbocycles. The first kappa shape index (κ1) is 21.1. The molecule has 0 N–H and O–H groups in total. The number of amides is 1. The van der Waals surface area contributed by atoms with Crippen LogP contribution in [0.2, 0.25) is 0 Å². The van der Waals surface area contributed by atoms with Gasteiger partial charge in [-0.15, -0.1) is 0 Å². The fourth-order valence-corrected chi connectivity index (χ4v) is 3.35. The van der Waals surface area contributed by atoms with Gasteiger partial charge in [-0.05, 0) is 37.1 Å². The fourth-order valence-electron chi connectivity index (χ4n) is 2.16. The minimum atomic E-state index is -1.11. The van der Waals surface area contributed by atoms with Crippen LogP contribution in [-0.4, -0.2) is 48.2 Å². The largest absolute Gasteiger partial charge is 0.461 e. The van der Waals surface area contributed by atoms with Crippen molar-refractivity contribution in [3.05, 3.63) is 46.4 Å². The van der Waals surface area contributed by atoms with E-state index in [9.17, 15) is 9.59 Å². The fraction of sp³-hybridized carbons (Fsp3) is 0.316. The second kappa shape index (κ2) is 9.68. The second-order valence-electron chi connectivity index (χ2n) is 5.58. The van der Waals surface area contributed by atoms with Crippen LogP contribution in [0.1, 0.15) is 19.4 Å². The third-order valence-electron chi connectivity index (χ3n) is 3.66. The molecule has 0 spiro atoms. The number of nitrogens with zero attached hydrogens (tertiary/aromatic N) is 1. The number of ether oxygens (including phenoxy) is 3. The molecule has 8 heteroatoms. The zero-order valence-electron chi connectivity index (χ0n) is 15.6. The van der Waals surface area contributed by atoms with Crippen molar-refractivity contribution in [2.75, 3.05) is 20.8 Å². The Morgan fingerprint density at radius 1 is 1.33 bits per heavy atom. The number of methoxy groups -OCH3 is 1. The second-order valence-corrected chi connectivity index (χ2v) is 7.23. The van der Waals surface area contributed by atoms with Gasteiger partial charge < -0.3 is 14.2 Å². The van der Waals surface area contributed by atoms with Crippen molar-refractivity contribution in [3.8, 4) is 5.75 Å². The molecule has 1 aliphatic heterocycles. The van der Waals surface area contributed by atoms with Crippen LogP contribution in [0, 0.1) is 0 Å². The normalized spacial score (nSPS) is 17.4. The van der Waals surface area contributed by atoms with Gasteiger partial charge in [0.15, 0.2) is 0 Å². The number of allylic oxidation sites excluding steroid dienone is 2. The Kier molecular flexibility index (Phi) is 7.58. The van der Waals surface area contributed by atoms with Crippen molar-refractivity contribution in [1.82, 2.24) is 4.90 Å². The number of hydrogen-bond donors (Lipinski definition) is 0. The van der Waals surface area contributed by atoms with Gasteiger partial charge in [0, 0.05) is 14.2 Å². The van der Waals surface area contributed by atoms with Gasteiger partial charge in [0.1, 0.15) is 10.1 Å². The maximum absolute atomic E-state index is 12.1. The van der Waals surface area contributed by atoms with Crippen LogP contribution in [-0.2, 0) is 19.1 Å². The maximum atomic E-state index is 12.1. The molecule has 1 saturated heterocycles. The van der Waals surface area contributed by atoms with Crippen LogP contribution >= 0.6 is 24.0 Å². The molecule has 144 valence electrons. The smallest absolute Gasteiger partial charge is 0.376 e. The minimum absolute atomic E-state index is 0.0829. The van der Waals surface area contributed by atoms with Crippen molar-refractivity contribution < 1.29 is 23.8 Å². The maximum Gasteiger partial charge on any atom is 0.376 e. The highest BCUT2D eigenvalue weighted by Gasteiger charge is 2.29. The number of hydrogen-bond acceptors (Lipinski definition) is 7. The van der Waals surface area contributed by atoms with Crippen LogP contribution in [0.5, 0.6) is 5.75 Å². The molecule has 1 amide bonds. The summed E-state index contributed by atoms with van der Waals surface area (Å²) in [5.41, 5.74) is 1.76. The van der Waals surface area contributed by atoms with Gasteiger partial charge in [-0.3, -0.25) is 9.69 Å². The van der Waals surface area contributed by atoms with Crippen molar-refractivity contribution in [3.63, 3.8) is 0 Å². The topological polar surface area (TPSA) is 65.1 Å². The third-order valence-corrected chi connectivity index (χ3v) is 5.34. The van der Waals surface area contributed by atoms with E-state index < -0.39 is 12.3 Å². The number of esters is 1. The molecule has 1 unspecified atom stereocenters. The Hall–Kier alpha value is -2.16. The summed E-state index contributed by atoms with van der Waals surface area (Å²) >= 11 is 6.44. The van der Waals surface area contributed by atoms with E-state index >= 15 is 0 Å². The molecule has 1 heterocycles. The van der Waals surface area contributed by atoms with Gasteiger partial charge in [0.25, 0.3) is 12.2 Å². The van der Waals surface area contributed by atoms with E-state index in [2.05, 4.69) is 0 Å². The highest BCUT2D eigenvalue weighted by molar-refractivity contribution is 8.26. The average molecular weight is 408 g/mol. The molecule has 0 aromatic heterocycles. The van der Waals surface area contributed by atoms with Crippen LogP contribution in [0.3, 0.4) is 0 Å². The average Bonchev–Trinajstić information content (AvgIpc) is 2.92. The van der Waals surface area contributed by atoms with Gasteiger partial charge in [0.2, 0.25) is 0 Å². The summed E-state index contributed by atoms with van der Waals surface area (Å²) in [4.78, 5) is 25.9. The Bertz CT molecular complexity index is 786. The van der Waals surface area contributed by atoms with Gasteiger partial charge in [-0.25, -0.2) is 4.79 Å². The number of carbonyl (C=O) groups is 2. The van der Waals surface area contributed by atoms with E-state index in [4.69, 9.17) is 26.4 Å². The third kappa shape index (κ3) is 5.41. The molecular formula is C19H21NO5S2. The number of thiocarbonyl (C=S) groups is 1. The lowest BCUT2D eigenvalue weighted by atomic mass is 10.1. The summed E-state index contributed by atoms with van der Waals surface area (Å²) in [6, 6.07) is 7.13. The van der Waals surface area contributed by atoms with Gasteiger partial charge in [-0.2, -0.15) is 0 Å². The van der Waals surface area contributed by atoms with Crippen molar-refractivity contribution in [2.24, 2.45) is 0 Å². The van der Waals surface area contributed by atoms with Gasteiger partial charge in [0.05, 0.1) is 11.5 Å². The van der Waals surface area contributed by atoms with Crippen molar-refractivity contribution in [2.45, 2.75) is 20.1 Å². The molecular weight excluding hydrogens is 386 g/mol. The summed E-state index contributed by atoms with van der Waals surface area (Å²) < 4.78 is 15.9. The lowest BCUT2D eigenvalue weighted by Gasteiger charge is -2.15. The Morgan fingerprint density at radius 3 is 2.52 bits per heavy atom. The zero-order chi connectivity index (χ0) is 20.0. The lowest BCUT2D eigenvalue weighted by molar-refractivity contribution is -0.172. The molecule has 0 radical (unpaired) electrons. The number of carbonyl (C=O) groups excluding carboxylic acids is 2. The molecule has 27 heavy (non-hydrogen) atoms. The highest BCUT2D eigenvalue weighted by atomic mass is 32.2. The molecule has 1 atom stereocenters. The van der Waals surface area contributed by atoms with E-state index in [-0.39, 0.29) is 12.5 Å². The molecule has 1 aromatic carbocycles. The lowest BCUT2D eigenvalue weighted by Crippen LogP contribution is -2.31. The Labute approximate surface area is 168 Å². The summed E-state index contributed by atoms with van der Waals surface area (Å²) in [7, 11) is 3.05. The van der Waals surface area contributed by atoms with Gasteiger partial charge >= 0.3 is 5.97 Å². The molecule has 6 nitrogen and oxygen atoms in total. The quantitative estimate of drug-likeness (QED) is 0.297. The Morgan fingerprint density at radius 2 is 2.00 bits per heavy atom. The molecule has 1 aliphatic rings. The molecule has 0 bridgehead atoms. The Balaban J connectivity index is 2.05. The molecule has 2 rings (SSSR count). The zero-order valence-corrected chi connectivity index (χ0v) is 17.2. The predicted octanol–water partition coefficient (Wildman–Crippen LogP) is 3.38. The SMILES string of the molecule is CCOC(=O)C(OC)Oc1ccc(C=CC(C)=C2SC(=S)N(C)C2=O)cc1. The monoisotopic (exact) mass is 407 g/mol. The summed E-state index contributed by atoms with van der Waals surface area (Å²) in [5.74, 6) is -0.177. The first-order chi connectivity index (χ1) is 12.9. The molecule has 1 fully saturated rings. The van der Waals surface area contributed by atoms with E-state index in [0.29, 0.717) is 15.0 Å². The number of likely N-dealkylation sites (N-methyl/N-ethyl adjacent to an activating group) is 1. The highest BCUT2D eigenvalue weighted by Crippen LogP contribution is 2.32. The van der Waals surface area contributed by atoms with E-state index in [1.807, 2.05) is 31.2 Å². The van der Waals surface area contributed by atoms with Gasteiger partial charge in [-0.1, -0.05) is 48.3 Å². The summed E-state index contributed by atoms with van der Waals surface area (Å²) in [6.45, 7) is 3.84. The van der Waals surface area contributed by atoms with E-state index in [0.717, 1.165) is 11.1 Å². The van der Waals surface area contributed by atoms with Crippen molar-refractivity contribution in [1.29, 1.82) is 0 Å². The standard InChI is InChI=1S/C19H21NO5S2/c1-5-24-17(22)18(23-4)25-14-10-8-13(9-11-14)7-6-12(2)15-16(21)20(3)19(26)27-15/h6-11,18H,5H2,1-4H3. The number of thioether (sulfide) groups is 1. The predicted molar refractivity (Wildman–Crippen MR) is 109 cm³/mol. The first-order valence-electron chi connectivity index (χ1n) is 8.22. The first-order valence-corrected chi connectivity index (χ1v) is 9.44. The minimum Gasteiger partial charge on any atom is -0.461 e. The van der Waals surface area contributed by atoms with Crippen LogP contribution in [0.25, 0.3) is 6.08 Å². The summed E-state index contributed by atoms with van der Waals surface area (Å²) in [5, 5.41) is 0. The van der Waals surface area contributed by atoms with Crippen LogP contribution in [0.4, 0.5) is 0 Å². The molecule has 1 aromatic rings. The number of rotatable bonds is 7. The van der Waals surface area contributed by atoms with Crippen molar-refractivity contribution >= 4 is 46.3 Å². The van der Waals surface area contributed by atoms with Crippen LogP contribution in [0.15, 0.2) is 40.8 Å².